The summed E-state index contributed by atoms with van der Waals surface area (Å²) < 4.78 is 18.3. The van der Waals surface area contributed by atoms with Crippen LogP contribution in [0.25, 0.3) is 0 Å². The summed E-state index contributed by atoms with van der Waals surface area (Å²) in [6.45, 7) is -0.683. The van der Waals surface area contributed by atoms with E-state index < -0.39 is 24.3 Å². The molecule has 0 aliphatic rings. The molecule has 1 heterocycles. The van der Waals surface area contributed by atoms with Crippen molar-refractivity contribution in [2.24, 2.45) is 0 Å². The molecule has 0 bridgehead atoms. The van der Waals surface area contributed by atoms with Crippen LogP contribution in [-0.2, 0) is 14.3 Å². The standard InChI is InChI=1S/C15H14ClFN4O3/c1-21(15-18-5-2-6-19-15)8-14(23)24-9-13(22)20-12-7-10(16)3-4-11(12)17/h2-7H,8-9H2,1H3,(H,20,22). The maximum atomic E-state index is 13.5. The first-order valence-corrected chi connectivity index (χ1v) is 7.22. The second-order valence-corrected chi connectivity index (χ2v) is 5.17. The van der Waals surface area contributed by atoms with Crippen LogP contribution in [0.3, 0.4) is 0 Å². The minimum Gasteiger partial charge on any atom is -0.454 e. The molecule has 0 unspecified atom stereocenters. The SMILES string of the molecule is CN(CC(=O)OCC(=O)Nc1cc(Cl)ccc1F)c1ncccn1. The lowest BCUT2D eigenvalue weighted by atomic mass is 10.3. The van der Waals surface area contributed by atoms with Crippen LogP contribution in [0.5, 0.6) is 0 Å². The van der Waals surface area contributed by atoms with E-state index in [1.807, 2.05) is 0 Å². The van der Waals surface area contributed by atoms with E-state index in [0.717, 1.165) is 6.07 Å². The Morgan fingerprint density at radius 2 is 2.04 bits per heavy atom. The molecule has 0 atom stereocenters. The largest absolute Gasteiger partial charge is 0.454 e. The minimum absolute atomic E-state index is 0.0849. The van der Waals surface area contributed by atoms with Gasteiger partial charge in [0.15, 0.2) is 6.61 Å². The fourth-order valence-corrected chi connectivity index (χ4v) is 1.90. The van der Waals surface area contributed by atoms with Gasteiger partial charge in [0, 0.05) is 24.5 Å². The van der Waals surface area contributed by atoms with Crippen molar-refractivity contribution in [3.63, 3.8) is 0 Å². The third kappa shape index (κ3) is 5.17. The van der Waals surface area contributed by atoms with Crippen molar-refractivity contribution in [3.8, 4) is 0 Å². The summed E-state index contributed by atoms with van der Waals surface area (Å²) in [5.41, 5.74) is -0.0849. The van der Waals surface area contributed by atoms with E-state index in [1.165, 1.54) is 29.4 Å². The third-order valence-corrected chi connectivity index (χ3v) is 3.06. The fourth-order valence-electron chi connectivity index (χ4n) is 1.72. The number of anilines is 2. The molecule has 0 aliphatic heterocycles. The van der Waals surface area contributed by atoms with Crippen LogP contribution in [0.15, 0.2) is 36.7 Å². The number of halogens is 2. The summed E-state index contributed by atoms with van der Waals surface area (Å²) in [5.74, 6) is -1.62. The van der Waals surface area contributed by atoms with Crippen LogP contribution < -0.4 is 10.2 Å². The van der Waals surface area contributed by atoms with Gasteiger partial charge in [0.05, 0.1) is 5.69 Å². The minimum atomic E-state index is -0.678. The highest BCUT2D eigenvalue weighted by atomic mass is 35.5. The first-order valence-electron chi connectivity index (χ1n) is 6.84. The molecule has 2 rings (SSSR count). The van der Waals surface area contributed by atoms with Gasteiger partial charge in [-0.3, -0.25) is 9.59 Å². The highest BCUT2D eigenvalue weighted by Crippen LogP contribution is 2.19. The summed E-state index contributed by atoms with van der Waals surface area (Å²) in [4.78, 5) is 32.8. The molecule has 126 valence electrons. The van der Waals surface area contributed by atoms with E-state index in [-0.39, 0.29) is 17.3 Å². The number of carbonyl (C=O) groups is 2. The van der Waals surface area contributed by atoms with Gasteiger partial charge < -0.3 is 15.0 Å². The van der Waals surface area contributed by atoms with Crippen LogP contribution in [-0.4, -0.2) is 42.0 Å². The van der Waals surface area contributed by atoms with Crippen LogP contribution in [0.1, 0.15) is 0 Å². The van der Waals surface area contributed by atoms with Crippen molar-refractivity contribution < 1.29 is 18.7 Å². The second-order valence-electron chi connectivity index (χ2n) is 4.74. The second kappa shape index (κ2) is 8.21. The monoisotopic (exact) mass is 352 g/mol. The first kappa shape index (κ1) is 17.6. The Morgan fingerprint density at radius 1 is 1.33 bits per heavy atom. The van der Waals surface area contributed by atoms with Gasteiger partial charge in [0.25, 0.3) is 5.91 Å². The highest BCUT2D eigenvalue weighted by Gasteiger charge is 2.13. The number of carbonyl (C=O) groups excluding carboxylic acids is 2. The Balaban J connectivity index is 1.81. The predicted molar refractivity (Wildman–Crippen MR) is 86.3 cm³/mol. The number of nitrogens with one attached hydrogen (secondary N) is 1. The Bertz CT molecular complexity index is 730. The van der Waals surface area contributed by atoms with Crippen LogP contribution in [0.2, 0.25) is 5.02 Å². The molecule has 1 aromatic heterocycles. The highest BCUT2D eigenvalue weighted by molar-refractivity contribution is 6.30. The van der Waals surface area contributed by atoms with E-state index in [9.17, 15) is 14.0 Å². The van der Waals surface area contributed by atoms with Gasteiger partial charge in [-0.05, 0) is 24.3 Å². The molecule has 0 radical (unpaired) electrons. The molecule has 1 aromatic carbocycles. The molecular weight excluding hydrogens is 339 g/mol. The number of amides is 1. The van der Waals surface area contributed by atoms with Crippen molar-refractivity contribution in [3.05, 3.63) is 47.5 Å². The maximum Gasteiger partial charge on any atom is 0.326 e. The number of esters is 1. The molecule has 0 saturated heterocycles. The molecule has 24 heavy (non-hydrogen) atoms. The summed E-state index contributed by atoms with van der Waals surface area (Å²) >= 11 is 5.72. The van der Waals surface area contributed by atoms with Crippen molar-refractivity contribution in [2.45, 2.75) is 0 Å². The summed E-state index contributed by atoms with van der Waals surface area (Å²) in [5, 5.41) is 2.55. The van der Waals surface area contributed by atoms with Gasteiger partial charge in [-0.2, -0.15) is 0 Å². The Morgan fingerprint density at radius 3 is 2.75 bits per heavy atom. The summed E-state index contributed by atoms with van der Waals surface area (Å²) in [7, 11) is 1.61. The molecule has 9 heteroatoms. The first-order chi connectivity index (χ1) is 11.5. The molecule has 0 aliphatic carbocycles. The Kier molecular flexibility index (Phi) is 6.02. The normalized spacial score (nSPS) is 10.1. The Hall–Kier alpha value is -2.74. The Labute approximate surface area is 142 Å². The molecule has 1 N–H and O–H groups in total. The lowest BCUT2D eigenvalue weighted by Gasteiger charge is -2.15. The van der Waals surface area contributed by atoms with E-state index in [1.54, 1.807) is 13.1 Å². The maximum absolute atomic E-state index is 13.5. The van der Waals surface area contributed by atoms with Crippen LogP contribution in [0.4, 0.5) is 16.0 Å². The predicted octanol–water partition coefficient (Wildman–Crippen LogP) is 1.89. The van der Waals surface area contributed by atoms with Crippen molar-refractivity contribution in [1.82, 2.24) is 9.97 Å². The lowest BCUT2D eigenvalue weighted by Crippen LogP contribution is -2.30. The van der Waals surface area contributed by atoms with Gasteiger partial charge in [-0.15, -0.1) is 0 Å². The number of hydrogen-bond donors (Lipinski definition) is 1. The average molecular weight is 353 g/mol. The van der Waals surface area contributed by atoms with Gasteiger partial charge in [-0.25, -0.2) is 14.4 Å². The molecular formula is C15H14ClFN4O3. The zero-order valence-electron chi connectivity index (χ0n) is 12.7. The fraction of sp³-hybridized carbons (Fsp3) is 0.200. The van der Waals surface area contributed by atoms with E-state index >= 15 is 0 Å². The number of likely N-dealkylation sites (N-methyl/N-ethyl adjacent to an activating group) is 1. The van der Waals surface area contributed by atoms with E-state index in [0.29, 0.717) is 5.95 Å². The smallest absolute Gasteiger partial charge is 0.326 e. The van der Waals surface area contributed by atoms with Gasteiger partial charge >= 0.3 is 5.97 Å². The van der Waals surface area contributed by atoms with Crippen LogP contribution in [0, 0.1) is 5.82 Å². The number of hydrogen-bond acceptors (Lipinski definition) is 6. The average Bonchev–Trinajstić information content (AvgIpc) is 2.57. The van der Waals surface area contributed by atoms with Gasteiger partial charge in [0.2, 0.25) is 5.95 Å². The number of benzene rings is 1. The summed E-state index contributed by atoms with van der Waals surface area (Å²) in [6, 6.07) is 5.39. The molecule has 0 fully saturated rings. The molecule has 2 aromatic rings. The van der Waals surface area contributed by atoms with Crippen molar-refractivity contribution in [1.29, 1.82) is 0 Å². The zero-order valence-corrected chi connectivity index (χ0v) is 13.5. The number of nitrogens with zero attached hydrogens (tertiary/aromatic N) is 3. The van der Waals surface area contributed by atoms with Gasteiger partial charge in [-0.1, -0.05) is 11.6 Å². The van der Waals surface area contributed by atoms with E-state index in [4.69, 9.17) is 16.3 Å². The zero-order chi connectivity index (χ0) is 17.5. The third-order valence-electron chi connectivity index (χ3n) is 2.83. The van der Waals surface area contributed by atoms with Crippen molar-refractivity contribution >= 4 is 35.1 Å². The molecule has 0 spiro atoms. The molecule has 1 amide bonds. The number of ether oxygens (including phenoxy) is 1. The van der Waals surface area contributed by atoms with Crippen LogP contribution >= 0.6 is 11.6 Å². The lowest BCUT2D eigenvalue weighted by molar-refractivity contribution is -0.145. The summed E-state index contributed by atoms with van der Waals surface area (Å²) in [6.07, 6.45) is 3.08. The van der Waals surface area contributed by atoms with Crippen molar-refractivity contribution in [2.75, 3.05) is 30.4 Å². The number of aromatic nitrogens is 2. The van der Waals surface area contributed by atoms with Gasteiger partial charge in [0.1, 0.15) is 12.4 Å². The topological polar surface area (TPSA) is 84.4 Å². The quantitative estimate of drug-likeness (QED) is 0.799. The molecule has 0 saturated carbocycles. The molecule has 7 nitrogen and oxygen atoms in total. The van der Waals surface area contributed by atoms with E-state index in [2.05, 4.69) is 15.3 Å². The number of rotatable bonds is 6.